The maximum atomic E-state index is 13.0. The number of amides is 1. The molecule has 2 saturated heterocycles. The molecule has 1 N–H and O–H groups in total. The van der Waals surface area contributed by atoms with Crippen molar-refractivity contribution >= 4 is 11.9 Å². The number of aromatic hydroxyl groups is 1. The normalized spacial score (nSPS) is 19.7. The van der Waals surface area contributed by atoms with Crippen molar-refractivity contribution in [1.82, 2.24) is 9.80 Å². The molecule has 178 valence electrons. The highest BCUT2D eigenvalue weighted by Gasteiger charge is 2.32. The Morgan fingerprint density at radius 2 is 1.56 bits per heavy atom. The molecule has 1 atom stereocenters. The Hall–Kier alpha value is -2.08. The van der Waals surface area contributed by atoms with Gasteiger partial charge in [-0.15, -0.1) is 0 Å². The lowest BCUT2D eigenvalue weighted by Gasteiger charge is -2.40. The summed E-state index contributed by atoms with van der Waals surface area (Å²) in [7, 11) is 0. The Bertz CT molecular complexity index is 770. The Labute approximate surface area is 192 Å². The molecular weight excluding hydrogens is 404 g/mol. The van der Waals surface area contributed by atoms with Gasteiger partial charge in [-0.2, -0.15) is 0 Å². The third-order valence-corrected chi connectivity index (χ3v) is 7.32. The number of aryl methyl sites for hydroxylation is 2. The van der Waals surface area contributed by atoms with Gasteiger partial charge in [-0.05, 0) is 94.5 Å². The summed E-state index contributed by atoms with van der Waals surface area (Å²) in [5.74, 6) is 1.80. The first-order chi connectivity index (χ1) is 15.3. The molecule has 0 saturated carbocycles. The maximum Gasteiger partial charge on any atom is 0.320 e. The van der Waals surface area contributed by atoms with Gasteiger partial charge in [0.25, 0.3) is 0 Å². The van der Waals surface area contributed by atoms with Crippen molar-refractivity contribution in [2.75, 3.05) is 39.3 Å². The first-order valence-corrected chi connectivity index (χ1v) is 12.2. The number of phenolic OH excluding ortho intramolecular Hbond substituents is 1. The van der Waals surface area contributed by atoms with E-state index in [1.165, 1.54) is 0 Å². The predicted octanol–water partition coefficient (Wildman–Crippen LogP) is 3.70. The topological polar surface area (TPSA) is 70.1 Å². The van der Waals surface area contributed by atoms with E-state index < -0.39 is 0 Å². The Morgan fingerprint density at radius 3 is 2.09 bits per heavy atom. The molecule has 0 spiro atoms. The molecule has 1 aromatic rings. The molecule has 1 aromatic carbocycles. The molecule has 0 aliphatic carbocycles. The molecule has 3 rings (SSSR count). The number of carbonyl (C=O) groups excluding carboxylic acids is 2. The van der Waals surface area contributed by atoms with Gasteiger partial charge in [0.1, 0.15) is 5.75 Å². The van der Waals surface area contributed by atoms with Crippen LogP contribution in [0.25, 0.3) is 0 Å². The quantitative estimate of drug-likeness (QED) is 0.650. The van der Waals surface area contributed by atoms with E-state index in [-0.39, 0.29) is 17.8 Å². The van der Waals surface area contributed by atoms with E-state index in [2.05, 4.69) is 9.80 Å². The number of ether oxygens (including phenoxy) is 1. The van der Waals surface area contributed by atoms with Crippen LogP contribution in [0.3, 0.4) is 0 Å². The largest absolute Gasteiger partial charge is 0.507 e. The number of carbonyl (C=O) groups is 2. The van der Waals surface area contributed by atoms with Gasteiger partial charge < -0.3 is 14.7 Å². The van der Waals surface area contributed by atoms with Crippen molar-refractivity contribution < 1.29 is 19.4 Å². The van der Waals surface area contributed by atoms with Crippen LogP contribution < -0.4 is 0 Å². The summed E-state index contributed by atoms with van der Waals surface area (Å²) in [6.07, 6.45) is 5.14. The summed E-state index contributed by atoms with van der Waals surface area (Å²) in [4.78, 5) is 29.0. The average Bonchev–Trinajstić information content (AvgIpc) is 2.77. The number of nitrogens with zero attached hydrogens (tertiary/aromatic N) is 2. The van der Waals surface area contributed by atoms with Crippen molar-refractivity contribution in [3.05, 3.63) is 28.8 Å². The third kappa shape index (κ3) is 6.25. The summed E-state index contributed by atoms with van der Waals surface area (Å²) in [6, 6.07) is 3.99. The highest BCUT2D eigenvalue weighted by Crippen LogP contribution is 2.33. The smallest absolute Gasteiger partial charge is 0.320 e. The van der Waals surface area contributed by atoms with Gasteiger partial charge in [0, 0.05) is 19.0 Å². The minimum absolute atomic E-state index is 0.0546. The van der Waals surface area contributed by atoms with Gasteiger partial charge in [-0.1, -0.05) is 19.1 Å². The molecule has 0 bridgehead atoms. The van der Waals surface area contributed by atoms with Gasteiger partial charge in [0.15, 0.2) is 0 Å². The number of phenols is 1. The molecule has 0 unspecified atom stereocenters. The van der Waals surface area contributed by atoms with Crippen LogP contribution in [-0.2, 0) is 20.7 Å². The molecule has 6 nitrogen and oxygen atoms in total. The predicted molar refractivity (Wildman–Crippen MR) is 126 cm³/mol. The van der Waals surface area contributed by atoms with Gasteiger partial charge in [-0.3, -0.25) is 14.5 Å². The monoisotopic (exact) mass is 444 g/mol. The zero-order valence-corrected chi connectivity index (χ0v) is 20.2. The molecule has 2 heterocycles. The fraction of sp³-hybridized carbons (Fsp3) is 0.692. The number of likely N-dealkylation sites (tertiary alicyclic amines) is 2. The van der Waals surface area contributed by atoms with E-state index in [9.17, 15) is 14.7 Å². The summed E-state index contributed by atoms with van der Waals surface area (Å²) < 4.78 is 5.07. The second-order valence-corrected chi connectivity index (χ2v) is 9.76. The van der Waals surface area contributed by atoms with E-state index in [0.717, 1.165) is 68.6 Å². The van der Waals surface area contributed by atoms with E-state index in [0.29, 0.717) is 37.2 Å². The second kappa shape index (κ2) is 11.2. The van der Waals surface area contributed by atoms with E-state index >= 15 is 0 Å². The standard InChI is InChI=1S/C26H40N2O4/c1-5-32-24(29)17-27-10-6-22(7-11-27)23-8-12-28(13-9-23)26(31)20(4)16-21-14-18(2)25(30)19(3)15-21/h14-15,20,22-23,30H,5-13,16-17H2,1-4H3/t20-/m1/s1. The van der Waals surface area contributed by atoms with Crippen molar-refractivity contribution in [2.24, 2.45) is 17.8 Å². The van der Waals surface area contributed by atoms with Crippen LogP contribution in [-0.4, -0.2) is 66.1 Å². The Balaban J connectivity index is 1.43. The molecule has 0 aromatic heterocycles. The minimum Gasteiger partial charge on any atom is -0.507 e. The van der Waals surface area contributed by atoms with Crippen molar-refractivity contribution in [3.8, 4) is 5.75 Å². The highest BCUT2D eigenvalue weighted by molar-refractivity contribution is 5.79. The number of piperidine rings is 2. The van der Waals surface area contributed by atoms with Crippen molar-refractivity contribution in [2.45, 2.75) is 59.8 Å². The van der Waals surface area contributed by atoms with Crippen LogP contribution in [0.15, 0.2) is 12.1 Å². The fourth-order valence-electron chi connectivity index (χ4n) is 5.48. The summed E-state index contributed by atoms with van der Waals surface area (Å²) >= 11 is 0. The lowest BCUT2D eigenvalue weighted by molar-refractivity contribution is -0.144. The Kier molecular flexibility index (Phi) is 8.57. The lowest BCUT2D eigenvalue weighted by atomic mass is 9.78. The second-order valence-electron chi connectivity index (χ2n) is 9.76. The molecule has 0 radical (unpaired) electrons. The first-order valence-electron chi connectivity index (χ1n) is 12.2. The maximum absolute atomic E-state index is 13.0. The molecule has 6 heteroatoms. The number of rotatable bonds is 7. The summed E-state index contributed by atoms with van der Waals surface area (Å²) in [5.41, 5.74) is 2.85. The van der Waals surface area contributed by atoms with Gasteiger partial charge in [-0.25, -0.2) is 0 Å². The zero-order chi connectivity index (χ0) is 23.3. The van der Waals surface area contributed by atoms with Crippen LogP contribution in [0, 0.1) is 31.6 Å². The van der Waals surface area contributed by atoms with Gasteiger partial charge in [0.2, 0.25) is 5.91 Å². The average molecular weight is 445 g/mol. The minimum atomic E-state index is -0.121. The molecule has 2 fully saturated rings. The van der Waals surface area contributed by atoms with E-state index in [4.69, 9.17) is 4.74 Å². The van der Waals surface area contributed by atoms with Crippen LogP contribution in [0.1, 0.15) is 56.2 Å². The fourth-order valence-corrected chi connectivity index (χ4v) is 5.48. The first kappa shape index (κ1) is 24.6. The number of hydrogen-bond acceptors (Lipinski definition) is 5. The van der Waals surface area contributed by atoms with E-state index in [1.807, 2.05) is 39.8 Å². The molecule has 2 aliphatic rings. The summed E-state index contributed by atoms with van der Waals surface area (Å²) in [5, 5.41) is 9.99. The molecule has 1 amide bonds. The number of hydrogen-bond donors (Lipinski definition) is 1. The highest BCUT2D eigenvalue weighted by atomic mass is 16.5. The van der Waals surface area contributed by atoms with E-state index in [1.54, 1.807) is 0 Å². The van der Waals surface area contributed by atoms with Gasteiger partial charge >= 0.3 is 5.97 Å². The number of benzene rings is 1. The third-order valence-electron chi connectivity index (χ3n) is 7.32. The SMILES string of the molecule is CCOC(=O)CN1CCC(C2CCN(C(=O)[C@H](C)Cc3cc(C)c(O)c(C)c3)CC2)CC1. The lowest BCUT2D eigenvalue weighted by Crippen LogP contribution is -2.45. The van der Waals surface area contributed by atoms with Crippen LogP contribution in [0.4, 0.5) is 0 Å². The summed E-state index contributed by atoms with van der Waals surface area (Å²) in [6.45, 7) is 12.2. The van der Waals surface area contributed by atoms with Crippen molar-refractivity contribution in [1.29, 1.82) is 0 Å². The Morgan fingerprint density at radius 1 is 1.03 bits per heavy atom. The van der Waals surface area contributed by atoms with Gasteiger partial charge in [0.05, 0.1) is 13.2 Å². The van der Waals surface area contributed by atoms with Crippen molar-refractivity contribution in [3.63, 3.8) is 0 Å². The van der Waals surface area contributed by atoms with Crippen LogP contribution >= 0.6 is 0 Å². The molecule has 2 aliphatic heterocycles. The molecule has 32 heavy (non-hydrogen) atoms. The van der Waals surface area contributed by atoms with Crippen LogP contribution in [0.2, 0.25) is 0 Å². The molecular formula is C26H40N2O4. The number of esters is 1. The van der Waals surface area contributed by atoms with Crippen LogP contribution in [0.5, 0.6) is 5.75 Å². The zero-order valence-electron chi connectivity index (χ0n) is 20.2.